The normalized spacial score (nSPS) is 20.6. The van der Waals surface area contributed by atoms with Crippen molar-refractivity contribution in [1.82, 2.24) is 9.62 Å². The number of hydrogen-bond acceptors (Lipinski definition) is 3. The first-order chi connectivity index (χ1) is 9.36. The lowest BCUT2D eigenvalue weighted by molar-refractivity contribution is 0.0921. The van der Waals surface area contributed by atoms with Crippen LogP contribution in [-0.4, -0.2) is 44.0 Å². The Labute approximate surface area is 127 Å². The van der Waals surface area contributed by atoms with E-state index < -0.39 is 10.0 Å². The van der Waals surface area contributed by atoms with Crippen molar-refractivity contribution in [2.75, 3.05) is 19.3 Å². The van der Waals surface area contributed by atoms with E-state index in [0.717, 1.165) is 17.3 Å². The van der Waals surface area contributed by atoms with Gasteiger partial charge in [-0.1, -0.05) is 15.9 Å². The molecule has 1 unspecified atom stereocenters. The minimum absolute atomic E-state index is 0.130. The molecule has 1 heterocycles. The molecule has 0 radical (unpaired) electrons. The van der Waals surface area contributed by atoms with Gasteiger partial charge in [-0.3, -0.25) is 4.79 Å². The molecule has 1 aliphatic rings. The second kappa shape index (κ2) is 6.24. The highest BCUT2D eigenvalue weighted by Crippen LogP contribution is 2.15. The lowest BCUT2D eigenvalue weighted by Gasteiger charge is -2.31. The molecule has 1 atom stereocenters. The number of benzene rings is 1. The number of sulfonamides is 1. The fraction of sp³-hybridized carbons (Fsp3) is 0.462. The zero-order chi connectivity index (χ0) is 14.8. The standard InChI is InChI=1S/C13H17BrN2O3S/c1-20(18,19)16-8-2-3-12(9-16)15-13(17)10-4-6-11(14)7-5-10/h4-7,12H,2-3,8-9H2,1H3,(H,15,17). The van der Waals surface area contributed by atoms with E-state index in [-0.39, 0.29) is 11.9 Å². The molecule has 1 amide bonds. The maximum Gasteiger partial charge on any atom is 0.251 e. The first-order valence-electron chi connectivity index (χ1n) is 6.38. The maximum absolute atomic E-state index is 12.1. The number of rotatable bonds is 3. The Hall–Kier alpha value is -0.920. The molecule has 0 bridgehead atoms. The van der Waals surface area contributed by atoms with Gasteiger partial charge >= 0.3 is 0 Å². The van der Waals surface area contributed by atoms with E-state index >= 15 is 0 Å². The first kappa shape index (κ1) is 15.5. The summed E-state index contributed by atoms with van der Waals surface area (Å²) >= 11 is 3.32. The SMILES string of the molecule is CS(=O)(=O)N1CCCC(NC(=O)c2ccc(Br)cc2)C1. The summed E-state index contributed by atoms with van der Waals surface area (Å²) in [4.78, 5) is 12.1. The summed E-state index contributed by atoms with van der Waals surface area (Å²) in [6.45, 7) is 0.880. The third-order valence-electron chi connectivity index (χ3n) is 3.29. The van der Waals surface area contributed by atoms with Crippen LogP contribution >= 0.6 is 15.9 Å². The van der Waals surface area contributed by atoms with Crippen LogP contribution in [0.15, 0.2) is 28.7 Å². The Morgan fingerprint density at radius 1 is 1.35 bits per heavy atom. The van der Waals surface area contributed by atoms with Crippen molar-refractivity contribution >= 4 is 31.9 Å². The minimum atomic E-state index is -3.19. The van der Waals surface area contributed by atoms with E-state index in [1.807, 2.05) is 0 Å². The highest BCUT2D eigenvalue weighted by atomic mass is 79.9. The van der Waals surface area contributed by atoms with Crippen molar-refractivity contribution < 1.29 is 13.2 Å². The van der Waals surface area contributed by atoms with Crippen molar-refractivity contribution in [3.8, 4) is 0 Å². The summed E-state index contributed by atoms with van der Waals surface area (Å²) in [6.07, 6.45) is 2.76. The molecular formula is C13H17BrN2O3S. The monoisotopic (exact) mass is 360 g/mol. The number of nitrogens with zero attached hydrogens (tertiary/aromatic N) is 1. The van der Waals surface area contributed by atoms with Crippen LogP contribution in [0, 0.1) is 0 Å². The van der Waals surface area contributed by atoms with E-state index in [9.17, 15) is 13.2 Å². The summed E-state index contributed by atoms with van der Waals surface area (Å²) in [5.41, 5.74) is 0.574. The molecule has 0 aliphatic carbocycles. The molecular weight excluding hydrogens is 344 g/mol. The second-order valence-corrected chi connectivity index (χ2v) is 7.84. The van der Waals surface area contributed by atoms with Crippen LogP contribution in [0.3, 0.4) is 0 Å². The van der Waals surface area contributed by atoms with Gasteiger partial charge in [0.15, 0.2) is 0 Å². The highest BCUT2D eigenvalue weighted by Gasteiger charge is 2.26. The molecule has 0 saturated carbocycles. The quantitative estimate of drug-likeness (QED) is 0.890. The Balaban J connectivity index is 1.99. The average Bonchev–Trinajstić information content (AvgIpc) is 2.38. The predicted molar refractivity (Wildman–Crippen MR) is 81.0 cm³/mol. The number of piperidine rings is 1. The first-order valence-corrected chi connectivity index (χ1v) is 9.02. The molecule has 1 fully saturated rings. The Kier molecular flexibility index (Phi) is 4.82. The molecule has 1 aliphatic heterocycles. The van der Waals surface area contributed by atoms with Gasteiger partial charge in [0.05, 0.1) is 6.26 Å². The second-order valence-electron chi connectivity index (χ2n) is 4.94. The number of carbonyl (C=O) groups is 1. The van der Waals surface area contributed by atoms with Crippen molar-refractivity contribution in [2.45, 2.75) is 18.9 Å². The third-order valence-corrected chi connectivity index (χ3v) is 5.09. The van der Waals surface area contributed by atoms with Crippen molar-refractivity contribution in [3.05, 3.63) is 34.3 Å². The smallest absolute Gasteiger partial charge is 0.251 e. The third kappa shape index (κ3) is 4.04. The van der Waals surface area contributed by atoms with E-state index in [1.54, 1.807) is 24.3 Å². The molecule has 1 N–H and O–H groups in total. The molecule has 7 heteroatoms. The molecule has 0 aromatic heterocycles. The van der Waals surface area contributed by atoms with Crippen LogP contribution < -0.4 is 5.32 Å². The molecule has 1 aromatic carbocycles. The van der Waals surface area contributed by atoms with Gasteiger partial charge in [0.25, 0.3) is 5.91 Å². The summed E-state index contributed by atoms with van der Waals surface area (Å²) in [6, 6.07) is 6.94. The van der Waals surface area contributed by atoms with Crippen LogP contribution in [0.25, 0.3) is 0 Å². The van der Waals surface area contributed by atoms with E-state index in [4.69, 9.17) is 0 Å². The number of carbonyl (C=O) groups excluding carboxylic acids is 1. The predicted octanol–water partition coefficient (Wildman–Crippen LogP) is 1.60. The molecule has 5 nitrogen and oxygen atoms in total. The van der Waals surface area contributed by atoms with Crippen LogP contribution in [0.5, 0.6) is 0 Å². The highest BCUT2D eigenvalue weighted by molar-refractivity contribution is 9.10. The molecule has 20 heavy (non-hydrogen) atoms. The van der Waals surface area contributed by atoms with Crippen molar-refractivity contribution in [2.24, 2.45) is 0 Å². The van der Waals surface area contributed by atoms with Gasteiger partial charge in [-0.15, -0.1) is 0 Å². The van der Waals surface area contributed by atoms with Crippen LogP contribution in [0.4, 0.5) is 0 Å². The van der Waals surface area contributed by atoms with Gasteiger partial charge in [0.1, 0.15) is 0 Å². The van der Waals surface area contributed by atoms with Gasteiger partial charge in [-0.2, -0.15) is 0 Å². The van der Waals surface area contributed by atoms with Crippen molar-refractivity contribution in [3.63, 3.8) is 0 Å². The summed E-state index contributed by atoms with van der Waals surface area (Å²) in [5.74, 6) is -0.169. The zero-order valence-electron chi connectivity index (χ0n) is 11.2. The van der Waals surface area contributed by atoms with Crippen LogP contribution in [0.1, 0.15) is 23.2 Å². The van der Waals surface area contributed by atoms with Crippen LogP contribution in [-0.2, 0) is 10.0 Å². The minimum Gasteiger partial charge on any atom is -0.348 e. The fourth-order valence-electron chi connectivity index (χ4n) is 2.23. The molecule has 1 aromatic rings. The molecule has 0 spiro atoms. The Morgan fingerprint density at radius 2 is 2.00 bits per heavy atom. The number of halogens is 1. The summed E-state index contributed by atoms with van der Waals surface area (Å²) < 4.78 is 25.4. The van der Waals surface area contributed by atoms with E-state index in [2.05, 4.69) is 21.2 Å². The van der Waals surface area contributed by atoms with Gasteiger partial charge in [0, 0.05) is 29.2 Å². The lowest BCUT2D eigenvalue weighted by Crippen LogP contribution is -2.49. The fourth-order valence-corrected chi connectivity index (χ4v) is 3.41. The zero-order valence-corrected chi connectivity index (χ0v) is 13.6. The Bertz CT molecular complexity index is 586. The Morgan fingerprint density at radius 3 is 2.60 bits per heavy atom. The number of nitrogens with one attached hydrogen (secondary N) is 1. The topological polar surface area (TPSA) is 66.5 Å². The van der Waals surface area contributed by atoms with E-state index in [1.165, 1.54) is 10.6 Å². The largest absolute Gasteiger partial charge is 0.348 e. The van der Waals surface area contributed by atoms with Gasteiger partial charge in [-0.05, 0) is 37.1 Å². The van der Waals surface area contributed by atoms with E-state index in [0.29, 0.717) is 18.7 Å². The van der Waals surface area contributed by atoms with Gasteiger partial charge < -0.3 is 5.32 Å². The summed E-state index contributed by atoms with van der Waals surface area (Å²) in [7, 11) is -3.19. The van der Waals surface area contributed by atoms with Crippen LogP contribution in [0.2, 0.25) is 0 Å². The molecule has 2 rings (SSSR count). The average molecular weight is 361 g/mol. The number of hydrogen-bond donors (Lipinski definition) is 1. The van der Waals surface area contributed by atoms with Crippen molar-refractivity contribution in [1.29, 1.82) is 0 Å². The molecule has 1 saturated heterocycles. The maximum atomic E-state index is 12.1. The van der Waals surface area contributed by atoms with Gasteiger partial charge in [0.2, 0.25) is 10.0 Å². The lowest BCUT2D eigenvalue weighted by atomic mass is 10.1. The molecule has 110 valence electrons. The summed E-state index contributed by atoms with van der Waals surface area (Å²) in [5, 5.41) is 2.90. The van der Waals surface area contributed by atoms with Gasteiger partial charge in [-0.25, -0.2) is 12.7 Å². The number of amides is 1.